The summed E-state index contributed by atoms with van der Waals surface area (Å²) in [6.07, 6.45) is 1.66. The highest BCUT2D eigenvalue weighted by atomic mass is 32.2. The van der Waals surface area contributed by atoms with E-state index in [2.05, 4.69) is 33.9 Å². The Morgan fingerprint density at radius 2 is 1.84 bits per heavy atom. The molecule has 0 aliphatic carbocycles. The summed E-state index contributed by atoms with van der Waals surface area (Å²) in [4.78, 5) is 42.3. The van der Waals surface area contributed by atoms with Gasteiger partial charge in [0.1, 0.15) is 10.6 Å². The van der Waals surface area contributed by atoms with Crippen LogP contribution in [0.3, 0.4) is 0 Å². The Hall–Kier alpha value is -3.65. The fourth-order valence-corrected chi connectivity index (χ4v) is 4.37. The van der Waals surface area contributed by atoms with Gasteiger partial charge in [-0.15, -0.1) is 0 Å². The van der Waals surface area contributed by atoms with Crippen LogP contribution in [0.25, 0.3) is 0 Å². The monoisotopic (exact) mass is 446 g/mol. The summed E-state index contributed by atoms with van der Waals surface area (Å²) < 4.78 is 0. The van der Waals surface area contributed by atoms with Crippen molar-refractivity contribution in [3.05, 3.63) is 83.0 Å². The van der Waals surface area contributed by atoms with Gasteiger partial charge in [-0.2, -0.15) is 0 Å². The van der Waals surface area contributed by atoms with E-state index < -0.39 is 17.5 Å². The van der Waals surface area contributed by atoms with Gasteiger partial charge >= 0.3 is 6.03 Å². The third-order valence-corrected chi connectivity index (χ3v) is 6.46. The van der Waals surface area contributed by atoms with Crippen LogP contribution in [0.4, 0.5) is 10.5 Å². The van der Waals surface area contributed by atoms with E-state index in [4.69, 9.17) is 0 Å². The number of urea groups is 1. The minimum atomic E-state index is -1.20. The topological polar surface area (TPSA) is 100 Å². The van der Waals surface area contributed by atoms with Gasteiger partial charge < -0.3 is 10.6 Å². The lowest BCUT2D eigenvalue weighted by atomic mass is 9.92. The molecule has 0 spiro atoms. The number of hydrogen-bond donors (Lipinski definition) is 3. The zero-order valence-electron chi connectivity index (χ0n) is 17.9. The van der Waals surface area contributed by atoms with E-state index in [0.717, 1.165) is 4.90 Å². The zero-order chi connectivity index (χ0) is 22.9. The van der Waals surface area contributed by atoms with Gasteiger partial charge in [0.2, 0.25) is 0 Å². The number of aromatic nitrogens is 1. The van der Waals surface area contributed by atoms with Crippen LogP contribution in [0.5, 0.6) is 0 Å². The lowest BCUT2D eigenvalue weighted by Gasteiger charge is -2.21. The van der Waals surface area contributed by atoms with E-state index in [9.17, 15) is 14.4 Å². The van der Waals surface area contributed by atoms with Crippen LogP contribution in [-0.4, -0.2) is 22.8 Å². The lowest BCUT2D eigenvalue weighted by Crippen LogP contribution is -2.40. The van der Waals surface area contributed by atoms with E-state index in [-0.39, 0.29) is 5.91 Å². The normalized spacial score (nSPS) is 17.6. The third kappa shape index (κ3) is 4.22. The Morgan fingerprint density at radius 1 is 1.03 bits per heavy atom. The SMILES string of the molecule is Cc1ccc(Sc2ncccc2C(=O)Nc2cccc(C3(C)NC(=O)NC3=O)c2)cc1C. The molecule has 1 aliphatic heterocycles. The number of amides is 4. The minimum absolute atomic E-state index is 0.313. The molecule has 1 aromatic heterocycles. The molecule has 1 saturated heterocycles. The smallest absolute Gasteiger partial charge is 0.322 e. The van der Waals surface area contributed by atoms with E-state index in [0.29, 0.717) is 21.8 Å². The summed E-state index contributed by atoms with van der Waals surface area (Å²) >= 11 is 1.43. The summed E-state index contributed by atoms with van der Waals surface area (Å²) in [6.45, 7) is 5.72. The number of aryl methyl sites for hydroxylation is 2. The molecule has 1 aliphatic rings. The quantitative estimate of drug-likeness (QED) is 0.511. The Morgan fingerprint density at radius 3 is 2.56 bits per heavy atom. The first-order valence-corrected chi connectivity index (χ1v) is 10.8. The first kappa shape index (κ1) is 21.6. The van der Waals surface area contributed by atoms with Crippen LogP contribution in [0.2, 0.25) is 0 Å². The molecule has 2 aromatic carbocycles. The fourth-order valence-electron chi connectivity index (χ4n) is 3.39. The second-order valence-electron chi connectivity index (χ2n) is 7.77. The zero-order valence-corrected chi connectivity index (χ0v) is 18.7. The molecule has 4 amide bonds. The summed E-state index contributed by atoms with van der Waals surface area (Å²) in [5.74, 6) is -0.753. The van der Waals surface area contributed by atoms with Gasteiger partial charge in [0.05, 0.1) is 5.56 Å². The van der Waals surface area contributed by atoms with E-state index in [1.165, 1.54) is 22.9 Å². The van der Waals surface area contributed by atoms with Crippen LogP contribution in [0.1, 0.15) is 34.0 Å². The molecule has 4 rings (SSSR count). The second kappa shape index (κ2) is 8.47. The number of benzene rings is 2. The average molecular weight is 447 g/mol. The van der Waals surface area contributed by atoms with Gasteiger partial charge in [0, 0.05) is 16.8 Å². The number of carbonyl (C=O) groups is 3. The van der Waals surface area contributed by atoms with Crippen molar-refractivity contribution in [3.8, 4) is 0 Å². The van der Waals surface area contributed by atoms with Crippen LogP contribution >= 0.6 is 11.8 Å². The highest BCUT2D eigenvalue weighted by Gasteiger charge is 2.43. The minimum Gasteiger partial charge on any atom is -0.322 e. The number of nitrogens with one attached hydrogen (secondary N) is 3. The number of rotatable bonds is 5. The summed E-state index contributed by atoms with van der Waals surface area (Å²) in [5.41, 5.74) is 2.69. The number of nitrogens with zero attached hydrogens (tertiary/aromatic N) is 1. The van der Waals surface area contributed by atoms with Crippen molar-refractivity contribution < 1.29 is 14.4 Å². The molecule has 7 nitrogen and oxygen atoms in total. The van der Waals surface area contributed by atoms with E-state index >= 15 is 0 Å². The lowest BCUT2D eigenvalue weighted by molar-refractivity contribution is -0.123. The summed E-state index contributed by atoms with van der Waals surface area (Å²) in [6, 6.07) is 15.9. The van der Waals surface area contributed by atoms with Crippen molar-refractivity contribution in [1.82, 2.24) is 15.6 Å². The molecule has 32 heavy (non-hydrogen) atoms. The molecular weight excluding hydrogens is 424 g/mol. The molecule has 1 unspecified atom stereocenters. The first-order valence-electron chi connectivity index (χ1n) is 10.0. The van der Waals surface area contributed by atoms with Crippen molar-refractivity contribution in [2.75, 3.05) is 5.32 Å². The molecule has 0 saturated carbocycles. The van der Waals surface area contributed by atoms with Gasteiger partial charge in [-0.3, -0.25) is 14.9 Å². The molecule has 0 bridgehead atoms. The van der Waals surface area contributed by atoms with E-state index in [1.807, 2.05) is 19.1 Å². The van der Waals surface area contributed by atoms with Crippen molar-refractivity contribution in [2.24, 2.45) is 0 Å². The Labute approximate surface area is 190 Å². The standard InChI is InChI=1S/C24H22N4O3S/c1-14-9-10-18(12-15(14)2)32-21-19(8-5-11-25-21)20(29)26-17-7-4-6-16(13-17)24(3)22(30)27-23(31)28-24/h4-13H,1-3H3,(H,26,29)(H2,27,28,30,31). The number of carbonyl (C=O) groups excluding carboxylic acids is 3. The van der Waals surface area contributed by atoms with Crippen molar-refractivity contribution in [1.29, 1.82) is 0 Å². The predicted molar refractivity (Wildman–Crippen MR) is 123 cm³/mol. The molecule has 162 valence electrons. The van der Waals surface area contributed by atoms with Crippen LogP contribution < -0.4 is 16.0 Å². The van der Waals surface area contributed by atoms with Gasteiger partial charge in [-0.25, -0.2) is 9.78 Å². The molecule has 0 radical (unpaired) electrons. The Kier molecular flexibility index (Phi) is 5.71. The van der Waals surface area contributed by atoms with Crippen LogP contribution in [0, 0.1) is 13.8 Å². The van der Waals surface area contributed by atoms with Gasteiger partial charge in [-0.1, -0.05) is 30.0 Å². The summed E-state index contributed by atoms with van der Waals surface area (Å²) in [5, 5.41) is 8.34. The number of anilines is 1. The van der Waals surface area contributed by atoms with Crippen LogP contribution in [0.15, 0.2) is 70.7 Å². The molecule has 3 aromatic rings. The highest BCUT2D eigenvalue weighted by molar-refractivity contribution is 7.99. The first-order chi connectivity index (χ1) is 15.3. The largest absolute Gasteiger partial charge is 0.322 e. The van der Waals surface area contributed by atoms with E-state index in [1.54, 1.807) is 49.5 Å². The summed E-state index contributed by atoms with van der Waals surface area (Å²) in [7, 11) is 0. The fraction of sp³-hybridized carbons (Fsp3) is 0.167. The van der Waals surface area contributed by atoms with Gasteiger partial charge in [-0.05, 0) is 73.9 Å². The Bertz CT molecular complexity index is 1240. The Balaban J connectivity index is 1.57. The molecule has 2 heterocycles. The maximum atomic E-state index is 13.1. The maximum Gasteiger partial charge on any atom is 0.322 e. The van der Waals surface area contributed by atoms with Crippen molar-refractivity contribution in [3.63, 3.8) is 0 Å². The molecule has 8 heteroatoms. The molecule has 1 atom stereocenters. The van der Waals surface area contributed by atoms with Gasteiger partial charge in [0.15, 0.2) is 0 Å². The molecular formula is C24H22N4O3S. The van der Waals surface area contributed by atoms with Crippen molar-refractivity contribution in [2.45, 2.75) is 36.2 Å². The molecule has 3 N–H and O–H groups in total. The predicted octanol–water partition coefficient (Wildman–Crippen LogP) is 4.16. The maximum absolute atomic E-state index is 13.1. The molecule has 1 fully saturated rings. The van der Waals surface area contributed by atoms with Crippen LogP contribution in [-0.2, 0) is 10.3 Å². The van der Waals surface area contributed by atoms with Gasteiger partial charge in [0.25, 0.3) is 11.8 Å². The average Bonchev–Trinajstić information content (AvgIpc) is 3.03. The number of imide groups is 1. The number of pyridine rings is 1. The number of hydrogen-bond acceptors (Lipinski definition) is 5. The highest BCUT2D eigenvalue weighted by Crippen LogP contribution is 2.31. The third-order valence-electron chi connectivity index (χ3n) is 5.45. The second-order valence-corrected chi connectivity index (χ2v) is 8.83. The van der Waals surface area contributed by atoms with Crippen molar-refractivity contribution >= 4 is 35.3 Å².